The maximum atomic E-state index is 12.2. The molecule has 0 aliphatic rings. The highest BCUT2D eigenvalue weighted by atomic mass is 16.3. The summed E-state index contributed by atoms with van der Waals surface area (Å²) in [4.78, 5) is 27.7. The van der Waals surface area contributed by atoms with Gasteiger partial charge in [0.05, 0.1) is 5.69 Å². The average molecular weight is 293 g/mol. The first-order chi connectivity index (χ1) is 9.96. The molecule has 1 aromatic rings. The van der Waals surface area contributed by atoms with Gasteiger partial charge in [-0.25, -0.2) is 4.98 Å². The normalized spacial score (nSPS) is 13.9. The highest BCUT2D eigenvalue weighted by molar-refractivity contribution is 5.86. The van der Waals surface area contributed by atoms with Crippen LogP contribution in [0.25, 0.3) is 0 Å². The van der Waals surface area contributed by atoms with Crippen molar-refractivity contribution in [2.75, 3.05) is 0 Å². The number of ketones is 2. The molecule has 118 valence electrons. The Morgan fingerprint density at radius 2 is 2.00 bits per heavy atom. The SMILES string of the molecule is CCC(CCC(=O)C(CC)CC(C)=O)Cc1nc(C)co1. The number of hydrogen-bond acceptors (Lipinski definition) is 4. The first-order valence-corrected chi connectivity index (χ1v) is 7.89. The molecule has 0 aromatic carbocycles. The van der Waals surface area contributed by atoms with E-state index in [1.165, 1.54) is 0 Å². The highest BCUT2D eigenvalue weighted by Gasteiger charge is 2.20. The highest BCUT2D eigenvalue weighted by Crippen LogP contribution is 2.21. The van der Waals surface area contributed by atoms with Crippen LogP contribution in [0.1, 0.15) is 64.5 Å². The summed E-state index contributed by atoms with van der Waals surface area (Å²) in [5.41, 5.74) is 0.892. The van der Waals surface area contributed by atoms with E-state index >= 15 is 0 Å². The smallest absolute Gasteiger partial charge is 0.194 e. The van der Waals surface area contributed by atoms with E-state index in [4.69, 9.17) is 4.42 Å². The topological polar surface area (TPSA) is 60.2 Å². The second kappa shape index (κ2) is 8.75. The maximum absolute atomic E-state index is 12.2. The van der Waals surface area contributed by atoms with Crippen LogP contribution in [0, 0.1) is 18.8 Å². The van der Waals surface area contributed by atoms with E-state index < -0.39 is 0 Å². The van der Waals surface area contributed by atoms with Gasteiger partial charge in [-0.05, 0) is 32.6 Å². The fourth-order valence-corrected chi connectivity index (χ4v) is 2.58. The number of aryl methyl sites for hydroxylation is 1. The lowest BCUT2D eigenvalue weighted by atomic mass is 9.88. The zero-order valence-electron chi connectivity index (χ0n) is 13.6. The first kappa shape index (κ1) is 17.6. The predicted molar refractivity (Wildman–Crippen MR) is 82.0 cm³/mol. The largest absolute Gasteiger partial charge is 0.449 e. The molecule has 4 nitrogen and oxygen atoms in total. The van der Waals surface area contributed by atoms with Crippen molar-refractivity contribution < 1.29 is 14.0 Å². The Labute approximate surface area is 127 Å². The summed E-state index contributed by atoms with van der Waals surface area (Å²) in [6.07, 6.45) is 5.95. The molecule has 0 aliphatic heterocycles. The number of nitrogens with zero attached hydrogens (tertiary/aromatic N) is 1. The standard InChI is InChI=1S/C17H27NO3/c1-5-14(10-17-18-12(3)11-21-17)7-8-16(20)15(6-2)9-13(4)19/h11,14-15H,5-10H2,1-4H3. The molecule has 0 N–H and O–H groups in total. The van der Waals surface area contributed by atoms with Crippen molar-refractivity contribution in [2.24, 2.45) is 11.8 Å². The first-order valence-electron chi connectivity index (χ1n) is 7.89. The van der Waals surface area contributed by atoms with Crippen LogP contribution in [0.4, 0.5) is 0 Å². The van der Waals surface area contributed by atoms with Gasteiger partial charge >= 0.3 is 0 Å². The number of rotatable bonds is 10. The van der Waals surface area contributed by atoms with E-state index in [0.717, 1.165) is 37.3 Å². The van der Waals surface area contributed by atoms with Crippen LogP contribution >= 0.6 is 0 Å². The fraction of sp³-hybridized carbons (Fsp3) is 0.706. The summed E-state index contributed by atoms with van der Waals surface area (Å²) >= 11 is 0. The van der Waals surface area contributed by atoms with E-state index in [1.54, 1.807) is 13.2 Å². The van der Waals surface area contributed by atoms with Gasteiger partial charge in [-0.3, -0.25) is 4.79 Å². The van der Waals surface area contributed by atoms with Crippen molar-refractivity contribution in [3.05, 3.63) is 17.8 Å². The molecular weight excluding hydrogens is 266 g/mol. The Morgan fingerprint density at radius 1 is 1.29 bits per heavy atom. The molecule has 0 amide bonds. The lowest BCUT2D eigenvalue weighted by molar-refractivity contribution is -0.127. The molecule has 4 heteroatoms. The monoisotopic (exact) mass is 293 g/mol. The molecule has 0 spiro atoms. The van der Waals surface area contributed by atoms with E-state index in [1.807, 2.05) is 13.8 Å². The van der Waals surface area contributed by atoms with Crippen LogP contribution in [-0.2, 0) is 16.0 Å². The second-order valence-electron chi connectivity index (χ2n) is 5.88. The summed E-state index contributed by atoms with van der Waals surface area (Å²) in [5, 5.41) is 0. The summed E-state index contributed by atoms with van der Waals surface area (Å²) in [6, 6.07) is 0. The van der Waals surface area contributed by atoms with E-state index in [0.29, 0.717) is 18.8 Å². The van der Waals surface area contributed by atoms with Crippen molar-refractivity contribution in [3.63, 3.8) is 0 Å². The predicted octanol–water partition coefficient (Wildman–Crippen LogP) is 3.91. The molecule has 0 radical (unpaired) electrons. The fourth-order valence-electron chi connectivity index (χ4n) is 2.58. The lowest BCUT2D eigenvalue weighted by Crippen LogP contribution is -2.18. The van der Waals surface area contributed by atoms with Gasteiger partial charge < -0.3 is 9.21 Å². The van der Waals surface area contributed by atoms with Crippen LogP contribution in [-0.4, -0.2) is 16.6 Å². The third-order valence-corrected chi connectivity index (χ3v) is 3.99. The summed E-state index contributed by atoms with van der Waals surface area (Å²) in [6.45, 7) is 7.55. The Bertz CT molecular complexity index is 464. The minimum absolute atomic E-state index is 0.0949. The van der Waals surface area contributed by atoms with E-state index in [2.05, 4.69) is 11.9 Å². The van der Waals surface area contributed by atoms with E-state index in [9.17, 15) is 9.59 Å². The Hall–Kier alpha value is -1.45. The molecule has 2 atom stereocenters. The van der Waals surface area contributed by atoms with Gasteiger partial charge in [0, 0.05) is 25.2 Å². The van der Waals surface area contributed by atoms with Crippen LogP contribution in [0.3, 0.4) is 0 Å². The van der Waals surface area contributed by atoms with Crippen LogP contribution in [0.5, 0.6) is 0 Å². The summed E-state index contributed by atoms with van der Waals surface area (Å²) in [5.74, 6) is 1.36. The zero-order valence-corrected chi connectivity index (χ0v) is 13.6. The van der Waals surface area contributed by atoms with Gasteiger partial charge in [0.2, 0.25) is 0 Å². The molecule has 1 heterocycles. The Kier molecular flexibility index (Phi) is 7.34. The zero-order chi connectivity index (χ0) is 15.8. The van der Waals surface area contributed by atoms with Gasteiger partial charge in [-0.15, -0.1) is 0 Å². The Balaban J connectivity index is 2.46. The van der Waals surface area contributed by atoms with Crippen molar-refractivity contribution in [3.8, 4) is 0 Å². The van der Waals surface area contributed by atoms with Gasteiger partial charge in [0.1, 0.15) is 17.8 Å². The van der Waals surface area contributed by atoms with Gasteiger partial charge in [0.15, 0.2) is 5.89 Å². The molecule has 0 saturated carbocycles. The van der Waals surface area contributed by atoms with Crippen molar-refractivity contribution in [1.82, 2.24) is 4.98 Å². The van der Waals surface area contributed by atoms with Gasteiger partial charge in [0.25, 0.3) is 0 Å². The summed E-state index contributed by atoms with van der Waals surface area (Å²) in [7, 11) is 0. The van der Waals surface area contributed by atoms with Crippen molar-refractivity contribution in [1.29, 1.82) is 0 Å². The van der Waals surface area contributed by atoms with Gasteiger partial charge in [-0.2, -0.15) is 0 Å². The maximum Gasteiger partial charge on any atom is 0.194 e. The number of Topliss-reactive ketones (excluding diaryl/α,β-unsaturated/α-hetero) is 2. The van der Waals surface area contributed by atoms with Crippen molar-refractivity contribution in [2.45, 2.75) is 66.2 Å². The summed E-state index contributed by atoms with van der Waals surface area (Å²) < 4.78 is 5.38. The molecule has 0 fully saturated rings. The molecule has 1 rings (SSSR count). The third kappa shape index (κ3) is 6.23. The Morgan fingerprint density at radius 3 is 2.48 bits per heavy atom. The average Bonchev–Trinajstić information content (AvgIpc) is 2.85. The number of hydrogen-bond donors (Lipinski definition) is 0. The molecule has 0 aliphatic carbocycles. The number of carbonyl (C=O) groups excluding carboxylic acids is 2. The third-order valence-electron chi connectivity index (χ3n) is 3.99. The molecule has 0 saturated heterocycles. The number of oxazole rings is 1. The second-order valence-corrected chi connectivity index (χ2v) is 5.88. The molecule has 0 bridgehead atoms. The van der Waals surface area contributed by atoms with E-state index in [-0.39, 0.29) is 17.5 Å². The van der Waals surface area contributed by atoms with Crippen LogP contribution < -0.4 is 0 Å². The number of aromatic nitrogens is 1. The molecule has 21 heavy (non-hydrogen) atoms. The lowest BCUT2D eigenvalue weighted by Gasteiger charge is -2.15. The number of carbonyl (C=O) groups is 2. The van der Waals surface area contributed by atoms with Crippen LogP contribution in [0.15, 0.2) is 10.7 Å². The minimum Gasteiger partial charge on any atom is -0.449 e. The minimum atomic E-state index is -0.107. The quantitative estimate of drug-likeness (QED) is 0.656. The molecule has 1 aromatic heterocycles. The molecule has 2 unspecified atom stereocenters. The molecular formula is C17H27NO3. The van der Waals surface area contributed by atoms with Crippen LogP contribution in [0.2, 0.25) is 0 Å². The van der Waals surface area contributed by atoms with Gasteiger partial charge in [-0.1, -0.05) is 20.3 Å². The van der Waals surface area contributed by atoms with Crippen molar-refractivity contribution >= 4 is 11.6 Å².